The Bertz CT molecular complexity index is 886. The maximum Gasteiger partial charge on any atom is 0.250 e. The number of benzene rings is 1. The first-order valence-corrected chi connectivity index (χ1v) is 9.95. The maximum atomic E-state index is 12.4. The number of aromatic nitrogens is 1. The number of carbonyl (C=O) groups excluding carboxylic acids is 1. The summed E-state index contributed by atoms with van der Waals surface area (Å²) in [6.07, 6.45) is 9.98. The molecular formula is C22H25N3O3S. The summed E-state index contributed by atoms with van der Waals surface area (Å²) < 4.78 is 10.5. The summed E-state index contributed by atoms with van der Waals surface area (Å²) in [4.78, 5) is 18.7. The molecule has 1 saturated heterocycles. The summed E-state index contributed by atoms with van der Waals surface area (Å²) in [5, 5.41) is 3.27. The van der Waals surface area contributed by atoms with Gasteiger partial charge >= 0.3 is 0 Å². The van der Waals surface area contributed by atoms with Crippen molar-refractivity contribution in [1.82, 2.24) is 15.2 Å². The molecule has 1 atom stereocenters. The van der Waals surface area contributed by atoms with Crippen LogP contribution in [0, 0.1) is 0 Å². The quantitative estimate of drug-likeness (QED) is 0.597. The molecule has 0 aliphatic carbocycles. The van der Waals surface area contributed by atoms with Crippen LogP contribution in [0.3, 0.4) is 0 Å². The Kier molecular flexibility index (Phi) is 7.19. The van der Waals surface area contributed by atoms with Gasteiger partial charge in [-0.3, -0.25) is 15.1 Å². The molecule has 0 radical (unpaired) electrons. The standard InChI is InChI=1S/C22H25N3O3S/c1-27-19-10-8-16(14-20(19)28-2)9-11-21(26)24-22(29)25-13-4-3-7-18(25)17-6-5-12-23-15-17/h5-6,8-12,14-15,18H,3-4,7,13H2,1-2H3,(H,24,26,29)/t18-/m1/s1. The van der Waals surface area contributed by atoms with E-state index in [-0.39, 0.29) is 11.9 Å². The van der Waals surface area contributed by atoms with Gasteiger partial charge in [0.25, 0.3) is 0 Å². The number of nitrogens with one attached hydrogen (secondary N) is 1. The number of hydrogen-bond donors (Lipinski definition) is 1. The minimum absolute atomic E-state index is 0.139. The van der Waals surface area contributed by atoms with E-state index in [4.69, 9.17) is 21.7 Å². The second-order valence-electron chi connectivity index (χ2n) is 6.73. The minimum Gasteiger partial charge on any atom is -0.493 e. The Morgan fingerprint density at radius 1 is 1.24 bits per heavy atom. The van der Waals surface area contributed by atoms with Crippen LogP contribution in [0.1, 0.15) is 36.4 Å². The molecular weight excluding hydrogens is 386 g/mol. The van der Waals surface area contributed by atoms with Crippen LogP contribution in [0.4, 0.5) is 0 Å². The van der Waals surface area contributed by atoms with Gasteiger partial charge in [-0.15, -0.1) is 0 Å². The smallest absolute Gasteiger partial charge is 0.250 e. The number of nitrogens with zero attached hydrogens (tertiary/aromatic N) is 2. The molecule has 2 heterocycles. The monoisotopic (exact) mass is 411 g/mol. The molecule has 3 rings (SSSR count). The lowest BCUT2D eigenvalue weighted by atomic mass is 9.97. The number of likely N-dealkylation sites (tertiary alicyclic amines) is 1. The van der Waals surface area contributed by atoms with Crippen LogP contribution in [-0.4, -0.2) is 41.7 Å². The van der Waals surface area contributed by atoms with Crippen molar-refractivity contribution in [2.24, 2.45) is 0 Å². The highest BCUT2D eigenvalue weighted by atomic mass is 32.1. The highest BCUT2D eigenvalue weighted by Gasteiger charge is 2.26. The van der Waals surface area contributed by atoms with Gasteiger partial charge in [0.15, 0.2) is 16.6 Å². The first kappa shape index (κ1) is 20.8. The van der Waals surface area contributed by atoms with Crippen LogP contribution in [0.25, 0.3) is 6.08 Å². The molecule has 1 aromatic heterocycles. The third kappa shape index (κ3) is 5.32. The molecule has 1 amide bonds. The van der Waals surface area contributed by atoms with Gasteiger partial charge in [-0.25, -0.2) is 0 Å². The molecule has 0 spiro atoms. The van der Waals surface area contributed by atoms with E-state index >= 15 is 0 Å². The summed E-state index contributed by atoms with van der Waals surface area (Å²) in [5.41, 5.74) is 1.94. The number of amides is 1. The molecule has 1 aliphatic rings. The first-order valence-electron chi connectivity index (χ1n) is 9.54. The van der Waals surface area contributed by atoms with E-state index in [1.54, 1.807) is 32.6 Å². The lowest BCUT2D eigenvalue weighted by Gasteiger charge is -2.37. The molecule has 0 unspecified atom stereocenters. The predicted octanol–water partition coefficient (Wildman–Crippen LogP) is 3.74. The van der Waals surface area contributed by atoms with Crippen molar-refractivity contribution in [2.45, 2.75) is 25.3 Å². The van der Waals surface area contributed by atoms with Crippen molar-refractivity contribution >= 4 is 29.3 Å². The van der Waals surface area contributed by atoms with Gasteiger partial charge in [0.05, 0.1) is 20.3 Å². The van der Waals surface area contributed by atoms with Crippen LogP contribution in [0.15, 0.2) is 48.8 Å². The van der Waals surface area contributed by atoms with Gasteiger partial charge in [0, 0.05) is 25.0 Å². The molecule has 0 saturated carbocycles. The molecule has 0 bridgehead atoms. The molecule has 1 aliphatic heterocycles. The van der Waals surface area contributed by atoms with Crippen LogP contribution >= 0.6 is 12.2 Å². The number of carbonyl (C=O) groups is 1. The highest BCUT2D eigenvalue weighted by Crippen LogP contribution is 2.30. The number of pyridine rings is 1. The zero-order chi connectivity index (χ0) is 20.6. The third-order valence-electron chi connectivity index (χ3n) is 4.90. The van der Waals surface area contributed by atoms with E-state index in [9.17, 15) is 4.79 Å². The minimum atomic E-state index is -0.264. The Morgan fingerprint density at radius 2 is 2.07 bits per heavy atom. The number of methoxy groups -OCH3 is 2. The molecule has 2 aromatic rings. The van der Waals surface area contributed by atoms with E-state index in [0.29, 0.717) is 16.6 Å². The highest BCUT2D eigenvalue weighted by molar-refractivity contribution is 7.80. The Hall–Kier alpha value is -2.93. The van der Waals surface area contributed by atoms with Crippen molar-refractivity contribution in [2.75, 3.05) is 20.8 Å². The van der Waals surface area contributed by atoms with Crippen molar-refractivity contribution < 1.29 is 14.3 Å². The summed E-state index contributed by atoms with van der Waals surface area (Å²) in [6.45, 7) is 0.818. The van der Waals surface area contributed by atoms with Gasteiger partial charge in [-0.05, 0) is 66.9 Å². The number of piperidine rings is 1. The largest absolute Gasteiger partial charge is 0.493 e. The average Bonchev–Trinajstić information content (AvgIpc) is 2.78. The van der Waals surface area contributed by atoms with Crippen molar-refractivity contribution in [3.63, 3.8) is 0 Å². The summed E-state index contributed by atoms with van der Waals surface area (Å²) in [6, 6.07) is 9.58. The number of ether oxygens (including phenoxy) is 2. The normalized spacial score (nSPS) is 16.5. The molecule has 1 fully saturated rings. The number of hydrogen-bond acceptors (Lipinski definition) is 5. The van der Waals surface area contributed by atoms with E-state index in [2.05, 4.69) is 21.3 Å². The van der Waals surface area contributed by atoms with Crippen molar-refractivity contribution in [1.29, 1.82) is 0 Å². The van der Waals surface area contributed by atoms with E-state index in [0.717, 1.165) is 36.9 Å². The Morgan fingerprint density at radius 3 is 2.79 bits per heavy atom. The topological polar surface area (TPSA) is 63.7 Å². The Balaban J connectivity index is 1.65. The fourth-order valence-corrected chi connectivity index (χ4v) is 3.76. The maximum absolute atomic E-state index is 12.4. The van der Waals surface area contributed by atoms with E-state index in [1.807, 2.05) is 24.4 Å². The zero-order valence-corrected chi connectivity index (χ0v) is 17.4. The number of rotatable bonds is 5. The summed E-state index contributed by atoms with van der Waals surface area (Å²) in [7, 11) is 3.16. The van der Waals surface area contributed by atoms with Crippen molar-refractivity contribution in [3.8, 4) is 11.5 Å². The van der Waals surface area contributed by atoms with Gasteiger partial charge in [-0.1, -0.05) is 12.1 Å². The van der Waals surface area contributed by atoms with Gasteiger partial charge in [0.1, 0.15) is 0 Å². The Labute approximate surface area is 176 Å². The van der Waals surface area contributed by atoms with E-state index in [1.165, 1.54) is 6.08 Å². The lowest BCUT2D eigenvalue weighted by molar-refractivity contribution is -0.115. The van der Waals surface area contributed by atoms with Crippen molar-refractivity contribution in [3.05, 3.63) is 59.9 Å². The van der Waals surface area contributed by atoms with Crippen LogP contribution < -0.4 is 14.8 Å². The number of thiocarbonyl (C=S) groups is 1. The van der Waals surface area contributed by atoms with Crippen LogP contribution in [0.2, 0.25) is 0 Å². The van der Waals surface area contributed by atoms with Gasteiger partial charge in [0.2, 0.25) is 5.91 Å². The van der Waals surface area contributed by atoms with Crippen LogP contribution in [-0.2, 0) is 4.79 Å². The fraction of sp³-hybridized carbons (Fsp3) is 0.318. The summed E-state index contributed by atoms with van der Waals surface area (Å²) in [5.74, 6) is 0.986. The lowest BCUT2D eigenvalue weighted by Crippen LogP contribution is -2.46. The second-order valence-corrected chi connectivity index (χ2v) is 7.12. The average molecular weight is 412 g/mol. The third-order valence-corrected chi connectivity index (χ3v) is 5.23. The zero-order valence-electron chi connectivity index (χ0n) is 16.6. The predicted molar refractivity (Wildman–Crippen MR) is 117 cm³/mol. The van der Waals surface area contributed by atoms with Gasteiger partial charge in [-0.2, -0.15) is 0 Å². The molecule has 7 heteroatoms. The molecule has 6 nitrogen and oxygen atoms in total. The summed E-state index contributed by atoms with van der Waals surface area (Å²) >= 11 is 5.53. The first-order chi connectivity index (χ1) is 14.1. The van der Waals surface area contributed by atoms with Crippen LogP contribution in [0.5, 0.6) is 11.5 Å². The fourth-order valence-electron chi connectivity index (χ4n) is 3.44. The van der Waals surface area contributed by atoms with E-state index < -0.39 is 0 Å². The second kappa shape index (κ2) is 10.0. The SMILES string of the molecule is COc1ccc(C=CC(=O)NC(=S)N2CCCC[C@@H]2c2cccnc2)cc1OC. The molecule has 152 valence electrons. The molecule has 29 heavy (non-hydrogen) atoms. The molecule has 1 N–H and O–H groups in total. The van der Waals surface area contributed by atoms with Gasteiger partial charge < -0.3 is 14.4 Å². The molecule has 1 aromatic carbocycles.